The summed E-state index contributed by atoms with van der Waals surface area (Å²) in [6.07, 6.45) is 5.12. The van der Waals surface area contributed by atoms with Gasteiger partial charge in [-0.2, -0.15) is 5.10 Å². The van der Waals surface area contributed by atoms with E-state index in [1.807, 2.05) is 6.92 Å². The minimum atomic E-state index is -0.309. The third-order valence-electron chi connectivity index (χ3n) is 6.02. The van der Waals surface area contributed by atoms with Gasteiger partial charge in [-0.05, 0) is 81.5 Å². The van der Waals surface area contributed by atoms with Crippen LogP contribution in [0.15, 0.2) is 35.4 Å². The molecule has 0 radical (unpaired) electrons. The molecule has 4 rings (SSSR count). The van der Waals surface area contributed by atoms with Crippen molar-refractivity contribution in [2.24, 2.45) is 5.92 Å². The molecule has 1 fully saturated rings. The van der Waals surface area contributed by atoms with Crippen LogP contribution >= 0.6 is 11.8 Å². The number of rotatable bonds is 9. The molecule has 1 N–H and O–H groups in total. The fourth-order valence-electron chi connectivity index (χ4n) is 4.33. The van der Waals surface area contributed by atoms with Crippen molar-refractivity contribution in [2.45, 2.75) is 51.2 Å². The average molecular weight is 440 g/mol. The minimum absolute atomic E-state index is 0.309. The van der Waals surface area contributed by atoms with E-state index in [1.165, 1.54) is 29.7 Å². The SMILES string of the molecule is COc1cc(C)cc(C)c1-c1cccc2c(N(CCC(C)O)CC3CC3)c(SC)nn12. The van der Waals surface area contributed by atoms with Crippen LogP contribution in [0.5, 0.6) is 5.75 Å². The number of pyridine rings is 1. The monoisotopic (exact) mass is 439 g/mol. The molecule has 0 aliphatic heterocycles. The molecule has 6 heteroatoms. The molecule has 1 aliphatic carbocycles. The van der Waals surface area contributed by atoms with Crippen LogP contribution in [0.1, 0.15) is 37.3 Å². The van der Waals surface area contributed by atoms with E-state index in [4.69, 9.17) is 9.84 Å². The van der Waals surface area contributed by atoms with Crippen LogP contribution in [0, 0.1) is 19.8 Å². The number of ether oxygens (including phenoxy) is 1. The van der Waals surface area contributed by atoms with E-state index in [1.54, 1.807) is 18.9 Å². The second-order valence-corrected chi connectivity index (χ2v) is 9.55. The van der Waals surface area contributed by atoms with Crippen LogP contribution in [-0.2, 0) is 0 Å². The van der Waals surface area contributed by atoms with Crippen molar-refractivity contribution in [2.75, 3.05) is 31.4 Å². The number of hydrogen-bond donors (Lipinski definition) is 1. The first-order chi connectivity index (χ1) is 14.9. The number of methoxy groups -OCH3 is 1. The van der Waals surface area contributed by atoms with Gasteiger partial charge in [-0.3, -0.25) is 0 Å². The molecule has 2 heterocycles. The Morgan fingerprint density at radius 3 is 2.71 bits per heavy atom. The van der Waals surface area contributed by atoms with E-state index in [2.05, 4.69) is 59.9 Å². The largest absolute Gasteiger partial charge is 0.496 e. The Morgan fingerprint density at radius 2 is 2.06 bits per heavy atom. The lowest BCUT2D eigenvalue weighted by atomic mass is 10.0. The number of thioether (sulfide) groups is 1. The maximum absolute atomic E-state index is 9.93. The zero-order chi connectivity index (χ0) is 22.1. The van der Waals surface area contributed by atoms with E-state index < -0.39 is 0 Å². The van der Waals surface area contributed by atoms with Gasteiger partial charge in [0.25, 0.3) is 0 Å². The molecule has 0 spiro atoms. The third-order valence-corrected chi connectivity index (χ3v) is 6.68. The van der Waals surface area contributed by atoms with Gasteiger partial charge in [0.05, 0.1) is 30.1 Å². The van der Waals surface area contributed by atoms with Crippen LogP contribution in [0.25, 0.3) is 16.8 Å². The van der Waals surface area contributed by atoms with E-state index in [-0.39, 0.29) is 6.10 Å². The number of anilines is 1. The summed E-state index contributed by atoms with van der Waals surface area (Å²) in [6, 6.07) is 10.7. The van der Waals surface area contributed by atoms with Crippen LogP contribution in [0.3, 0.4) is 0 Å². The summed E-state index contributed by atoms with van der Waals surface area (Å²) in [7, 11) is 1.73. The molecule has 1 unspecified atom stereocenters. The predicted molar refractivity (Wildman–Crippen MR) is 130 cm³/mol. The summed E-state index contributed by atoms with van der Waals surface area (Å²) < 4.78 is 7.84. The zero-order valence-electron chi connectivity index (χ0n) is 19.2. The van der Waals surface area contributed by atoms with Crippen molar-refractivity contribution in [3.05, 3.63) is 41.5 Å². The molecule has 1 saturated carbocycles. The standard InChI is InChI=1S/C25H33N3O2S/c1-16-13-17(2)23(22(14-16)30-4)20-7-6-8-21-24(25(31-5)26-28(20)21)27(12-11-18(3)29)15-19-9-10-19/h6-8,13-14,18-19,29H,9-12,15H2,1-5H3. The highest BCUT2D eigenvalue weighted by atomic mass is 32.2. The van der Waals surface area contributed by atoms with Crippen molar-refractivity contribution in [1.29, 1.82) is 0 Å². The number of aliphatic hydroxyl groups is 1. The van der Waals surface area contributed by atoms with Crippen LogP contribution in [-0.4, -0.2) is 47.3 Å². The molecular formula is C25H33N3O2S. The number of benzene rings is 1. The van der Waals surface area contributed by atoms with Gasteiger partial charge in [0.2, 0.25) is 0 Å². The fourth-order valence-corrected chi connectivity index (χ4v) is 4.92. The molecule has 0 saturated heterocycles. The van der Waals surface area contributed by atoms with Crippen LogP contribution < -0.4 is 9.64 Å². The quantitative estimate of drug-likeness (QED) is 0.456. The summed E-state index contributed by atoms with van der Waals surface area (Å²) >= 11 is 1.68. The number of nitrogens with zero attached hydrogens (tertiary/aromatic N) is 3. The second kappa shape index (κ2) is 9.13. The fraction of sp³-hybridized carbons (Fsp3) is 0.480. The lowest BCUT2D eigenvalue weighted by Gasteiger charge is -2.25. The van der Waals surface area contributed by atoms with Gasteiger partial charge in [-0.25, -0.2) is 4.52 Å². The van der Waals surface area contributed by atoms with E-state index >= 15 is 0 Å². The van der Waals surface area contributed by atoms with Crippen molar-refractivity contribution in [1.82, 2.24) is 9.61 Å². The summed E-state index contributed by atoms with van der Waals surface area (Å²) in [4.78, 5) is 2.45. The lowest BCUT2D eigenvalue weighted by Crippen LogP contribution is -2.29. The molecule has 1 aromatic carbocycles. The maximum Gasteiger partial charge on any atom is 0.142 e. The normalized spacial score (nSPS) is 14.8. The zero-order valence-corrected chi connectivity index (χ0v) is 20.0. The van der Waals surface area contributed by atoms with Crippen LogP contribution in [0.4, 0.5) is 5.69 Å². The highest BCUT2D eigenvalue weighted by Crippen LogP contribution is 2.40. The average Bonchev–Trinajstić information content (AvgIpc) is 3.47. The summed E-state index contributed by atoms with van der Waals surface area (Å²) in [5, 5.41) is 16.0. The van der Waals surface area contributed by atoms with E-state index in [0.29, 0.717) is 0 Å². The topological polar surface area (TPSA) is 50.0 Å². The van der Waals surface area contributed by atoms with Crippen molar-refractivity contribution >= 4 is 23.0 Å². The number of fused-ring (bicyclic) bond motifs is 1. The molecular weight excluding hydrogens is 406 g/mol. The first-order valence-corrected chi connectivity index (χ1v) is 12.3. The molecule has 5 nitrogen and oxygen atoms in total. The maximum atomic E-state index is 9.93. The first-order valence-electron chi connectivity index (χ1n) is 11.1. The number of hydrogen-bond acceptors (Lipinski definition) is 5. The second-order valence-electron chi connectivity index (χ2n) is 8.75. The molecule has 166 valence electrons. The van der Waals surface area contributed by atoms with Gasteiger partial charge in [-0.15, -0.1) is 11.8 Å². The Bertz CT molecular complexity index is 1070. The van der Waals surface area contributed by atoms with E-state index in [9.17, 15) is 5.11 Å². The molecule has 0 amide bonds. The van der Waals surface area contributed by atoms with Gasteiger partial charge in [-0.1, -0.05) is 12.1 Å². The Kier molecular flexibility index (Phi) is 6.49. The number of aryl methyl sites for hydroxylation is 2. The summed E-state index contributed by atoms with van der Waals surface area (Å²) in [6.45, 7) is 7.95. The van der Waals surface area contributed by atoms with Crippen molar-refractivity contribution < 1.29 is 9.84 Å². The van der Waals surface area contributed by atoms with Crippen molar-refractivity contribution in [3.63, 3.8) is 0 Å². The highest BCUT2D eigenvalue weighted by molar-refractivity contribution is 7.98. The Morgan fingerprint density at radius 1 is 1.29 bits per heavy atom. The van der Waals surface area contributed by atoms with E-state index in [0.717, 1.165) is 53.0 Å². The smallest absolute Gasteiger partial charge is 0.142 e. The minimum Gasteiger partial charge on any atom is -0.496 e. The van der Waals surface area contributed by atoms with Gasteiger partial charge in [0.1, 0.15) is 10.8 Å². The van der Waals surface area contributed by atoms with Gasteiger partial charge < -0.3 is 14.7 Å². The molecule has 1 atom stereocenters. The lowest BCUT2D eigenvalue weighted by molar-refractivity contribution is 0.186. The van der Waals surface area contributed by atoms with Gasteiger partial charge in [0, 0.05) is 18.7 Å². The Labute approximate surface area is 189 Å². The molecule has 1 aliphatic rings. The first kappa shape index (κ1) is 22.0. The highest BCUT2D eigenvalue weighted by Gasteiger charge is 2.28. The van der Waals surface area contributed by atoms with Gasteiger partial charge in [0.15, 0.2) is 0 Å². The molecule has 3 aromatic rings. The predicted octanol–water partition coefficient (Wildman–Crippen LogP) is 5.34. The number of aliphatic hydroxyl groups excluding tert-OH is 1. The van der Waals surface area contributed by atoms with Gasteiger partial charge >= 0.3 is 0 Å². The summed E-state index contributed by atoms with van der Waals surface area (Å²) in [5.74, 6) is 1.62. The van der Waals surface area contributed by atoms with Crippen LogP contribution in [0.2, 0.25) is 0 Å². The summed E-state index contributed by atoms with van der Waals surface area (Å²) in [5.41, 5.74) is 6.77. The molecule has 0 bridgehead atoms. The number of aromatic nitrogens is 2. The molecule has 31 heavy (non-hydrogen) atoms. The Hall–Kier alpha value is -2.18. The Balaban J connectivity index is 1.88. The molecule has 2 aromatic heterocycles. The van der Waals surface area contributed by atoms with Crippen molar-refractivity contribution in [3.8, 4) is 17.0 Å². The third kappa shape index (κ3) is 4.55.